The average Bonchev–Trinajstić information content (AvgIpc) is 2.55. The van der Waals surface area contributed by atoms with Gasteiger partial charge in [-0.15, -0.1) is 0 Å². The number of benzene rings is 1. The summed E-state index contributed by atoms with van der Waals surface area (Å²) in [5, 5.41) is 0.613. The molecule has 1 aliphatic heterocycles. The summed E-state index contributed by atoms with van der Waals surface area (Å²) >= 11 is 12.1. The van der Waals surface area contributed by atoms with E-state index in [1.54, 1.807) is 43.9 Å². The van der Waals surface area contributed by atoms with E-state index < -0.39 is 21.7 Å². The number of carbonyl (C=O) groups excluding carboxylic acids is 1. The molecule has 0 aliphatic carbocycles. The van der Waals surface area contributed by atoms with Crippen LogP contribution >= 0.6 is 23.2 Å². The second kappa shape index (κ2) is 8.99. The van der Waals surface area contributed by atoms with Gasteiger partial charge >= 0.3 is 6.09 Å². The van der Waals surface area contributed by atoms with Gasteiger partial charge in [-0.3, -0.25) is 0 Å². The third kappa shape index (κ3) is 6.82. The van der Waals surface area contributed by atoms with Crippen LogP contribution in [0.15, 0.2) is 18.2 Å². The van der Waals surface area contributed by atoms with Crippen LogP contribution < -0.4 is 4.72 Å². The molecule has 2 rings (SSSR count). The molecule has 1 saturated heterocycles. The zero-order valence-corrected chi connectivity index (χ0v) is 18.1. The van der Waals surface area contributed by atoms with Gasteiger partial charge in [-0.1, -0.05) is 29.3 Å². The van der Waals surface area contributed by atoms with Crippen LogP contribution in [0.25, 0.3) is 0 Å². The summed E-state index contributed by atoms with van der Waals surface area (Å²) in [6, 6.07) is 4.62. The highest BCUT2D eigenvalue weighted by atomic mass is 35.5. The Morgan fingerprint density at radius 3 is 2.48 bits per heavy atom. The van der Waals surface area contributed by atoms with Crippen molar-refractivity contribution in [2.45, 2.75) is 57.4 Å². The number of amides is 1. The van der Waals surface area contributed by atoms with E-state index in [-0.39, 0.29) is 18.3 Å². The van der Waals surface area contributed by atoms with E-state index in [0.29, 0.717) is 28.6 Å². The highest BCUT2D eigenvalue weighted by Gasteiger charge is 2.31. The minimum Gasteiger partial charge on any atom is -0.444 e. The van der Waals surface area contributed by atoms with Crippen molar-refractivity contribution >= 4 is 39.3 Å². The van der Waals surface area contributed by atoms with Gasteiger partial charge < -0.3 is 9.64 Å². The van der Waals surface area contributed by atoms with Crippen LogP contribution in [-0.4, -0.2) is 44.1 Å². The molecule has 27 heavy (non-hydrogen) atoms. The Hall–Kier alpha value is -1.02. The van der Waals surface area contributed by atoms with E-state index in [2.05, 4.69) is 4.72 Å². The topological polar surface area (TPSA) is 75.7 Å². The first kappa shape index (κ1) is 22.3. The van der Waals surface area contributed by atoms with Gasteiger partial charge in [-0.2, -0.15) is 0 Å². The Balaban J connectivity index is 2.03. The van der Waals surface area contributed by atoms with Crippen LogP contribution in [0.4, 0.5) is 4.79 Å². The Morgan fingerprint density at radius 1 is 1.26 bits per heavy atom. The van der Waals surface area contributed by atoms with Crippen LogP contribution in [0.3, 0.4) is 0 Å². The molecule has 0 aromatic heterocycles. The smallest absolute Gasteiger partial charge is 0.410 e. The molecular weight excluding hydrogens is 411 g/mol. The number of ether oxygens (including phenoxy) is 1. The molecule has 1 aromatic carbocycles. The molecule has 0 saturated carbocycles. The molecule has 6 nitrogen and oxygen atoms in total. The number of likely N-dealkylation sites (tertiary alicyclic amines) is 1. The first-order valence-electron chi connectivity index (χ1n) is 8.88. The molecule has 152 valence electrons. The molecular formula is C18H26Cl2N2O4S. The van der Waals surface area contributed by atoms with Gasteiger partial charge in [-0.25, -0.2) is 17.9 Å². The van der Waals surface area contributed by atoms with E-state index in [0.717, 1.165) is 12.8 Å². The fourth-order valence-electron chi connectivity index (χ4n) is 2.91. The van der Waals surface area contributed by atoms with E-state index in [9.17, 15) is 13.2 Å². The molecule has 0 radical (unpaired) electrons. The second-order valence-corrected chi connectivity index (χ2v) is 10.3. The van der Waals surface area contributed by atoms with Crippen molar-refractivity contribution in [3.05, 3.63) is 33.8 Å². The number of hydrogen-bond donors (Lipinski definition) is 1. The Bertz CT molecular complexity index is 758. The van der Waals surface area contributed by atoms with Crippen molar-refractivity contribution in [1.29, 1.82) is 0 Å². The standard InChI is InChI=1S/C18H26Cl2N2O4S/c1-18(2,3)26-17(23)22-10-5-4-7-13(22)11-21-27(24,25)12-14-15(19)8-6-9-16(14)20/h6,8-9,13,21H,4-5,7,10-12H2,1-3H3. The third-order valence-corrected chi connectivity index (χ3v) is 6.17. The molecule has 1 N–H and O–H groups in total. The lowest BCUT2D eigenvalue weighted by molar-refractivity contribution is 0.0105. The number of halogens is 2. The fraction of sp³-hybridized carbons (Fsp3) is 0.611. The lowest BCUT2D eigenvalue weighted by Crippen LogP contribution is -2.50. The predicted molar refractivity (Wildman–Crippen MR) is 108 cm³/mol. The van der Waals surface area contributed by atoms with Crippen LogP contribution in [0.1, 0.15) is 45.6 Å². The lowest BCUT2D eigenvalue weighted by atomic mass is 10.0. The minimum absolute atomic E-state index is 0.129. The number of piperidine rings is 1. The Kier molecular flexibility index (Phi) is 7.41. The molecule has 1 heterocycles. The monoisotopic (exact) mass is 436 g/mol. The lowest BCUT2D eigenvalue weighted by Gasteiger charge is -2.36. The van der Waals surface area contributed by atoms with E-state index in [1.165, 1.54) is 0 Å². The van der Waals surface area contributed by atoms with Crippen LogP contribution in [-0.2, 0) is 20.5 Å². The quantitative estimate of drug-likeness (QED) is 0.749. The normalized spacial score (nSPS) is 18.4. The number of sulfonamides is 1. The summed E-state index contributed by atoms with van der Waals surface area (Å²) in [7, 11) is -3.66. The van der Waals surface area contributed by atoms with Gasteiger partial charge in [0.1, 0.15) is 5.60 Å². The second-order valence-electron chi connectivity index (χ2n) is 7.63. The van der Waals surface area contributed by atoms with E-state index >= 15 is 0 Å². The van der Waals surface area contributed by atoms with Crippen molar-refractivity contribution in [1.82, 2.24) is 9.62 Å². The zero-order chi connectivity index (χ0) is 20.2. The maximum Gasteiger partial charge on any atom is 0.410 e. The summed E-state index contributed by atoms with van der Waals surface area (Å²) in [5.74, 6) is -0.315. The number of hydrogen-bond acceptors (Lipinski definition) is 4. The highest BCUT2D eigenvalue weighted by Crippen LogP contribution is 2.26. The Labute approximate surface area is 171 Å². The first-order valence-corrected chi connectivity index (χ1v) is 11.3. The van der Waals surface area contributed by atoms with Crippen LogP contribution in [0, 0.1) is 0 Å². The van der Waals surface area contributed by atoms with E-state index in [1.807, 2.05) is 0 Å². The SMILES string of the molecule is CC(C)(C)OC(=O)N1CCCCC1CNS(=O)(=O)Cc1c(Cl)cccc1Cl. The molecule has 1 atom stereocenters. The summed E-state index contributed by atoms with van der Waals surface area (Å²) in [6.45, 7) is 6.10. The number of carbonyl (C=O) groups is 1. The predicted octanol–water partition coefficient (Wildman–Crippen LogP) is 4.20. The van der Waals surface area contributed by atoms with E-state index in [4.69, 9.17) is 27.9 Å². The first-order chi connectivity index (χ1) is 12.5. The average molecular weight is 437 g/mol. The van der Waals surface area contributed by atoms with Gasteiger partial charge in [0.15, 0.2) is 0 Å². The highest BCUT2D eigenvalue weighted by molar-refractivity contribution is 7.88. The summed E-state index contributed by atoms with van der Waals surface area (Å²) in [4.78, 5) is 14.0. The molecule has 0 spiro atoms. The van der Waals surface area contributed by atoms with Crippen molar-refractivity contribution in [3.8, 4) is 0 Å². The van der Waals surface area contributed by atoms with Crippen LogP contribution in [0.5, 0.6) is 0 Å². The van der Waals surface area contributed by atoms with Gasteiger partial charge in [0.2, 0.25) is 10.0 Å². The van der Waals surface area contributed by atoms with Gasteiger partial charge in [0.25, 0.3) is 0 Å². The molecule has 1 amide bonds. The van der Waals surface area contributed by atoms with Gasteiger partial charge in [-0.05, 0) is 52.2 Å². The molecule has 1 aromatic rings. The van der Waals surface area contributed by atoms with Crippen LogP contribution in [0.2, 0.25) is 10.0 Å². The summed E-state index contributed by atoms with van der Waals surface area (Å²) in [5.41, 5.74) is -0.236. The third-order valence-electron chi connectivity index (χ3n) is 4.19. The maximum atomic E-state index is 12.5. The number of nitrogens with one attached hydrogen (secondary N) is 1. The molecule has 1 aliphatic rings. The summed E-state index contributed by atoms with van der Waals surface area (Å²) in [6.07, 6.45) is 2.11. The van der Waals surface area contributed by atoms with Crippen molar-refractivity contribution < 1.29 is 17.9 Å². The van der Waals surface area contributed by atoms with Gasteiger partial charge in [0.05, 0.1) is 5.75 Å². The number of nitrogens with zero attached hydrogens (tertiary/aromatic N) is 1. The molecule has 0 bridgehead atoms. The van der Waals surface area contributed by atoms with Crippen molar-refractivity contribution in [2.75, 3.05) is 13.1 Å². The molecule has 1 unspecified atom stereocenters. The summed E-state index contributed by atoms with van der Waals surface area (Å²) < 4.78 is 33.0. The zero-order valence-electron chi connectivity index (χ0n) is 15.8. The molecule has 1 fully saturated rings. The molecule has 9 heteroatoms. The minimum atomic E-state index is -3.66. The maximum absolute atomic E-state index is 12.5. The van der Waals surface area contributed by atoms with Crippen molar-refractivity contribution in [2.24, 2.45) is 0 Å². The van der Waals surface area contributed by atoms with Gasteiger partial charge in [0, 0.05) is 34.7 Å². The fourth-order valence-corrected chi connectivity index (χ4v) is 4.84. The number of rotatable bonds is 5. The Morgan fingerprint density at radius 2 is 1.89 bits per heavy atom. The van der Waals surface area contributed by atoms with Crippen molar-refractivity contribution in [3.63, 3.8) is 0 Å². The largest absolute Gasteiger partial charge is 0.444 e.